The van der Waals surface area contributed by atoms with Crippen LogP contribution < -0.4 is 10.0 Å². The van der Waals surface area contributed by atoms with Crippen LogP contribution in [0.25, 0.3) is 0 Å². The first-order valence-electron chi connectivity index (χ1n) is 10.7. The van der Waals surface area contributed by atoms with E-state index in [9.17, 15) is 0 Å². The van der Waals surface area contributed by atoms with E-state index in [1.54, 1.807) is 7.11 Å². The first kappa shape index (κ1) is 22.3. The van der Waals surface area contributed by atoms with Crippen molar-refractivity contribution in [2.45, 2.75) is 58.7 Å². The summed E-state index contributed by atoms with van der Waals surface area (Å²) in [5.74, 6) is 0.975. The second-order valence-corrected chi connectivity index (χ2v) is 10.8. The van der Waals surface area contributed by atoms with Crippen LogP contribution in [-0.2, 0) is 16.4 Å². The molecule has 3 nitrogen and oxygen atoms in total. The first-order valence-corrected chi connectivity index (χ1v) is 11.7. The SMILES string of the molecule is COCOc1c(C)cc(C)cc1C(C)(C)Pc1ccccc1CN1CCCCC1. The van der Waals surface area contributed by atoms with Crippen LogP contribution in [-0.4, -0.2) is 31.9 Å². The highest BCUT2D eigenvalue weighted by Crippen LogP contribution is 2.46. The van der Waals surface area contributed by atoms with Crippen LogP contribution in [0.4, 0.5) is 0 Å². The van der Waals surface area contributed by atoms with Crippen molar-refractivity contribution in [3.63, 3.8) is 0 Å². The van der Waals surface area contributed by atoms with Crippen LogP contribution in [0.2, 0.25) is 0 Å². The van der Waals surface area contributed by atoms with Crippen LogP contribution in [0.5, 0.6) is 5.75 Å². The Morgan fingerprint density at radius 1 is 1.03 bits per heavy atom. The second kappa shape index (κ2) is 10.1. The molecule has 1 saturated heterocycles. The zero-order chi connectivity index (χ0) is 20.9. The number of hydrogen-bond donors (Lipinski definition) is 0. The number of hydrogen-bond acceptors (Lipinski definition) is 3. The van der Waals surface area contributed by atoms with E-state index in [1.807, 2.05) is 0 Å². The molecule has 1 heterocycles. The van der Waals surface area contributed by atoms with Gasteiger partial charge in [0.1, 0.15) is 5.75 Å². The van der Waals surface area contributed by atoms with E-state index in [-0.39, 0.29) is 11.9 Å². The Morgan fingerprint density at radius 2 is 1.76 bits per heavy atom. The third-order valence-corrected chi connectivity index (χ3v) is 7.37. The monoisotopic (exact) mass is 413 g/mol. The molecule has 1 aliphatic rings. The van der Waals surface area contributed by atoms with Crippen molar-refractivity contribution in [1.82, 2.24) is 4.90 Å². The second-order valence-electron chi connectivity index (χ2n) is 8.75. The minimum absolute atomic E-state index is 0.0160. The van der Waals surface area contributed by atoms with Gasteiger partial charge in [0.25, 0.3) is 0 Å². The zero-order valence-electron chi connectivity index (χ0n) is 18.7. The van der Waals surface area contributed by atoms with Crippen molar-refractivity contribution < 1.29 is 9.47 Å². The average Bonchev–Trinajstić information content (AvgIpc) is 2.69. The van der Waals surface area contributed by atoms with Crippen molar-refractivity contribution in [2.24, 2.45) is 0 Å². The lowest BCUT2D eigenvalue weighted by atomic mass is 9.96. The molecule has 158 valence electrons. The number of methoxy groups -OCH3 is 1. The van der Waals surface area contributed by atoms with Crippen LogP contribution in [0.3, 0.4) is 0 Å². The van der Waals surface area contributed by atoms with Crippen molar-refractivity contribution >= 4 is 13.9 Å². The normalized spacial score (nSPS) is 15.9. The van der Waals surface area contributed by atoms with E-state index in [2.05, 4.69) is 69.0 Å². The van der Waals surface area contributed by atoms with Gasteiger partial charge in [0.05, 0.1) is 0 Å². The van der Waals surface area contributed by atoms with Crippen molar-refractivity contribution in [1.29, 1.82) is 0 Å². The van der Waals surface area contributed by atoms with Crippen molar-refractivity contribution in [3.05, 3.63) is 58.7 Å². The molecule has 1 fully saturated rings. The maximum absolute atomic E-state index is 6.02. The molecular weight excluding hydrogens is 377 g/mol. The molecule has 4 heteroatoms. The van der Waals surface area contributed by atoms with E-state index in [4.69, 9.17) is 9.47 Å². The summed E-state index contributed by atoms with van der Waals surface area (Å²) in [6, 6.07) is 13.5. The number of piperidine rings is 1. The highest BCUT2D eigenvalue weighted by Gasteiger charge is 2.28. The molecule has 1 atom stereocenters. The van der Waals surface area contributed by atoms with Crippen molar-refractivity contribution in [3.8, 4) is 5.75 Å². The molecule has 1 unspecified atom stereocenters. The van der Waals surface area contributed by atoms with Crippen LogP contribution in [0, 0.1) is 13.8 Å². The van der Waals surface area contributed by atoms with Gasteiger partial charge < -0.3 is 9.47 Å². The molecule has 0 spiro atoms. The molecule has 0 radical (unpaired) electrons. The molecule has 0 saturated carbocycles. The van der Waals surface area contributed by atoms with Gasteiger partial charge in [-0.2, -0.15) is 0 Å². The van der Waals surface area contributed by atoms with E-state index in [0.29, 0.717) is 8.58 Å². The Kier molecular flexibility index (Phi) is 7.73. The molecule has 29 heavy (non-hydrogen) atoms. The topological polar surface area (TPSA) is 21.7 Å². The lowest BCUT2D eigenvalue weighted by Crippen LogP contribution is -2.31. The van der Waals surface area contributed by atoms with Gasteiger partial charge in [0, 0.05) is 24.4 Å². The lowest BCUT2D eigenvalue weighted by Gasteiger charge is -2.31. The Morgan fingerprint density at radius 3 is 2.48 bits per heavy atom. The number of rotatable bonds is 8. The van der Waals surface area contributed by atoms with Gasteiger partial charge in [-0.1, -0.05) is 70.8 Å². The zero-order valence-corrected chi connectivity index (χ0v) is 19.7. The van der Waals surface area contributed by atoms with E-state index >= 15 is 0 Å². The van der Waals surface area contributed by atoms with E-state index in [0.717, 1.165) is 12.3 Å². The fourth-order valence-electron chi connectivity index (χ4n) is 4.27. The molecule has 2 aromatic rings. The molecule has 3 rings (SSSR count). The summed E-state index contributed by atoms with van der Waals surface area (Å²) >= 11 is 0. The Labute approximate surface area is 178 Å². The van der Waals surface area contributed by atoms with Crippen LogP contribution >= 0.6 is 8.58 Å². The molecule has 2 aromatic carbocycles. The summed E-state index contributed by atoms with van der Waals surface area (Å²) in [6.07, 6.45) is 4.04. The fourth-order valence-corrected chi connectivity index (χ4v) is 5.77. The highest BCUT2D eigenvalue weighted by atomic mass is 31.1. The summed E-state index contributed by atoms with van der Waals surface area (Å²) in [4.78, 5) is 2.61. The largest absolute Gasteiger partial charge is 0.467 e. The summed E-state index contributed by atoms with van der Waals surface area (Å²) in [5.41, 5.74) is 5.21. The maximum Gasteiger partial charge on any atom is 0.188 e. The summed E-state index contributed by atoms with van der Waals surface area (Å²) < 4.78 is 11.2. The number of aryl methyl sites for hydroxylation is 2. The Balaban J connectivity index is 1.88. The molecule has 1 aliphatic heterocycles. The molecule has 0 amide bonds. The van der Waals surface area contributed by atoms with Gasteiger partial charge >= 0.3 is 0 Å². The minimum atomic E-state index is -0.0160. The minimum Gasteiger partial charge on any atom is -0.467 e. The molecule has 0 bridgehead atoms. The molecule has 0 N–H and O–H groups in total. The standard InChI is InChI=1S/C25H36NO2P/c1-19-15-20(2)24(28-18-27-5)22(16-19)25(3,4)29-23-12-8-7-11-21(23)17-26-13-9-6-10-14-26/h7-8,11-12,15-16,29H,6,9-10,13-14,17-18H2,1-5H3. The molecular formula is C25H36NO2P. The van der Waals surface area contributed by atoms with Gasteiger partial charge in [-0.25, -0.2) is 0 Å². The number of ether oxygens (including phenoxy) is 2. The first-order chi connectivity index (χ1) is 13.9. The summed E-state index contributed by atoms with van der Waals surface area (Å²) in [6.45, 7) is 12.8. The average molecular weight is 414 g/mol. The van der Waals surface area contributed by atoms with Crippen LogP contribution in [0.15, 0.2) is 36.4 Å². The number of benzene rings is 2. The summed E-state index contributed by atoms with van der Waals surface area (Å²) in [5, 5.41) is 1.46. The van der Waals surface area contributed by atoms with E-state index < -0.39 is 0 Å². The van der Waals surface area contributed by atoms with Gasteiger partial charge in [0.2, 0.25) is 0 Å². The predicted molar refractivity (Wildman–Crippen MR) is 125 cm³/mol. The number of nitrogens with zero attached hydrogens (tertiary/aromatic N) is 1. The molecule has 0 aromatic heterocycles. The highest BCUT2D eigenvalue weighted by molar-refractivity contribution is 7.48. The quantitative estimate of drug-likeness (QED) is 0.421. The third-order valence-electron chi connectivity index (χ3n) is 5.72. The number of likely N-dealkylation sites (tertiary alicyclic amines) is 1. The van der Waals surface area contributed by atoms with Crippen LogP contribution in [0.1, 0.15) is 55.4 Å². The predicted octanol–water partition coefficient (Wildman–Crippen LogP) is 5.51. The maximum atomic E-state index is 6.02. The molecule has 0 aliphatic carbocycles. The van der Waals surface area contributed by atoms with Gasteiger partial charge in [-0.05, 0) is 56.2 Å². The Hall–Kier alpha value is -1.41. The fraction of sp³-hybridized carbons (Fsp3) is 0.520. The third kappa shape index (κ3) is 5.81. The van der Waals surface area contributed by atoms with E-state index in [1.165, 1.54) is 59.9 Å². The van der Waals surface area contributed by atoms with Gasteiger partial charge in [-0.15, -0.1) is 0 Å². The smallest absolute Gasteiger partial charge is 0.188 e. The van der Waals surface area contributed by atoms with Crippen molar-refractivity contribution in [2.75, 3.05) is 27.0 Å². The lowest BCUT2D eigenvalue weighted by molar-refractivity contribution is 0.0496. The van der Waals surface area contributed by atoms with Gasteiger partial charge in [-0.3, -0.25) is 4.90 Å². The van der Waals surface area contributed by atoms with Gasteiger partial charge in [0.15, 0.2) is 6.79 Å². The Bertz CT molecular complexity index is 812. The summed E-state index contributed by atoms with van der Waals surface area (Å²) in [7, 11) is 2.35.